The molecule has 4 fully saturated rings. The van der Waals surface area contributed by atoms with Crippen LogP contribution in [0.15, 0.2) is 23.8 Å². The minimum Gasteiger partial charge on any atom is -0.327 e. The molecule has 0 spiro atoms. The first-order chi connectivity index (χ1) is 27.0. The monoisotopic (exact) mass is 792 g/mol. The number of allylic oxidation sites excluding steroid dienone is 3. The number of unbranched alkanes of at least 4 members (excludes halogenated alkanes) is 4. The first kappa shape index (κ1) is 49.1. The Balaban J connectivity index is 1.93. The molecule has 0 bridgehead atoms. The molecule has 18 atom stereocenters. The molecule has 57 heavy (non-hydrogen) atoms. The van der Waals surface area contributed by atoms with Crippen molar-refractivity contribution < 1.29 is 4.48 Å². The topological polar surface area (TPSA) is 26.0 Å². The Bertz CT molecular complexity index is 1230. The van der Waals surface area contributed by atoms with E-state index >= 15 is 0 Å². The molecule has 2 heterocycles. The van der Waals surface area contributed by atoms with Crippen molar-refractivity contribution >= 4 is 0 Å². The van der Waals surface area contributed by atoms with Gasteiger partial charge in [-0.15, -0.1) is 0 Å². The number of hydrogen-bond donors (Lipinski definition) is 1. The number of rotatable bonds is 21. The SMILES string of the molecule is CC=C(CCC)C(C)C1CC(C(C)C=CC(C)C)[N+]2(C)C(CCCC(C)CCCCCCC)C(CC(N)C(C)CC)C(C)C2C2(C)C3CC3CCCC(C)C(C)C12. The van der Waals surface area contributed by atoms with Crippen molar-refractivity contribution in [3.8, 4) is 0 Å². The lowest BCUT2D eigenvalue weighted by atomic mass is 9.53. The molecule has 2 aliphatic heterocycles. The van der Waals surface area contributed by atoms with Crippen molar-refractivity contribution in [1.82, 2.24) is 0 Å². The molecule has 2 N–H and O–H groups in total. The summed E-state index contributed by atoms with van der Waals surface area (Å²) in [6.07, 6.45) is 32.7. The minimum absolute atomic E-state index is 0.301. The van der Waals surface area contributed by atoms with Gasteiger partial charge in [0, 0.05) is 35.6 Å². The Morgan fingerprint density at radius 3 is 2.16 bits per heavy atom. The van der Waals surface area contributed by atoms with E-state index in [1.165, 1.54) is 120 Å². The lowest BCUT2D eigenvalue weighted by Crippen LogP contribution is -2.66. The van der Waals surface area contributed by atoms with Crippen LogP contribution >= 0.6 is 0 Å². The van der Waals surface area contributed by atoms with Crippen molar-refractivity contribution in [3.05, 3.63) is 23.8 Å². The quantitative estimate of drug-likeness (QED) is 0.0699. The first-order valence-electron chi connectivity index (χ1n) is 26.0. The highest BCUT2D eigenvalue weighted by atomic mass is 15.4. The molecule has 2 saturated heterocycles. The summed E-state index contributed by atoms with van der Waals surface area (Å²) in [5, 5.41) is 0. The van der Waals surface area contributed by atoms with E-state index in [1.807, 2.05) is 0 Å². The fourth-order valence-electron chi connectivity index (χ4n) is 15.3. The molecule has 2 aliphatic carbocycles. The number of nitrogens with two attached hydrogens (primary N) is 1. The van der Waals surface area contributed by atoms with Gasteiger partial charge in [-0.2, -0.15) is 0 Å². The molecule has 0 aromatic heterocycles. The second-order valence-corrected chi connectivity index (χ2v) is 22.9. The van der Waals surface area contributed by atoms with Crippen LogP contribution < -0.4 is 5.73 Å². The average molecular weight is 792 g/mol. The summed E-state index contributed by atoms with van der Waals surface area (Å²) >= 11 is 0. The Hall–Kier alpha value is -0.600. The van der Waals surface area contributed by atoms with Gasteiger partial charge in [-0.05, 0) is 98.2 Å². The number of hydrogen-bond acceptors (Lipinski definition) is 1. The molecule has 0 radical (unpaired) electrons. The molecule has 2 saturated carbocycles. The highest BCUT2D eigenvalue weighted by Crippen LogP contribution is 2.70. The molecule has 4 aliphatic rings. The van der Waals surface area contributed by atoms with Gasteiger partial charge in [-0.3, -0.25) is 0 Å². The maximum absolute atomic E-state index is 7.36. The summed E-state index contributed by atoms with van der Waals surface area (Å²) in [5.74, 6) is 9.47. The number of nitrogens with zero attached hydrogens (tertiary/aromatic N) is 1. The second kappa shape index (κ2) is 22.0. The van der Waals surface area contributed by atoms with Crippen LogP contribution in [0.3, 0.4) is 0 Å². The van der Waals surface area contributed by atoms with Crippen molar-refractivity contribution in [3.63, 3.8) is 0 Å². The number of quaternary nitrogens is 1. The van der Waals surface area contributed by atoms with Gasteiger partial charge in [0.25, 0.3) is 0 Å². The molecule has 332 valence electrons. The summed E-state index contributed by atoms with van der Waals surface area (Å²) in [4.78, 5) is 0. The van der Waals surface area contributed by atoms with Crippen molar-refractivity contribution in [2.45, 2.75) is 237 Å². The maximum Gasteiger partial charge on any atom is 0.0983 e. The van der Waals surface area contributed by atoms with Crippen LogP contribution in [0, 0.1) is 82.3 Å². The van der Waals surface area contributed by atoms with E-state index in [0.29, 0.717) is 65.1 Å². The fraction of sp³-hybridized carbons (Fsp3) is 0.927. The molecule has 2 nitrogen and oxygen atoms in total. The highest BCUT2D eigenvalue weighted by molar-refractivity contribution is 5.17. The van der Waals surface area contributed by atoms with E-state index in [0.717, 1.165) is 41.4 Å². The Morgan fingerprint density at radius 2 is 1.53 bits per heavy atom. The van der Waals surface area contributed by atoms with Crippen LogP contribution in [0.25, 0.3) is 0 Å². The van der Waals surface area contributed by atoms with Crippen LogP contribution in [0.1, 0.15) is 213 Å². The zero-order valence-corrected chi connectivity index (χ0v) is 41.3. The maximum atomic E-state index is 7.36. The van der Waals surface area contributed by atoms with Crippen LogP contribution in [-0.2, 0) is 0 Å². The van der Waals surface area contributed by atoms with Gasteiger partial charge in [0.1, 0.15) is 0 Å². The third-order valence-electron chi connectivity index (χ3n) is 18.9. The predicted molar refractivity (Wildman–Crippen MR) is 253 cm³/mol. The third kappa shape index (κ3) is 10.9. The molecule has 0 aromatic rings. The van der Waals surface area contributed by atoms with Crippen LogP contribution in [-0.4, -0.2) is 35.7 Å². The molecule has 4 rings (SSSR count). The van der Waals surface area contributed by atoms with Crippen LogP contribution in [0.4, 0.5) is 0 Å². The van der Waals surface area contributed by atoms with Gasteiger partial charge in [0.15, 0.2) is 0 Å². The lowest BCUT2D eigenvalue weighted by molar-refractivity contribution is -0.977. The zero-order valence-electron chi connectivity index (χ0n) is 41.3. The standard InChI is InChI=1S/C55H103N2/c1-16-20-21-22-23-27-38(7)28-24-31-51-47(35-50(56)39(8)18-3)44(13)54-55(14)49-34-46(49)30-25-29-40(9)42(11)53(55)48(43(12)45(19-4)26-17-2)36-52(57(51,54)15)41(10)33-32-37(5)6/h19,32-33,37-44,46-54H,16-18,20-31,34-36,56H2,1-15H3/q+1. The zero-order chi connectivity index (χ0) is 42.2. The predicted octanol–water partition coefficient (Wildman–Crippen LogP) is 15.7. The van der Waals surface area contributed by atoms with E-state index in [-0.39, 0.29) is 0 Å². The van der Waals surface area contributed by atoms with E-state index in [1.54, 1.807) is 5.57 Å². The summed E-state index contributed by atoms with van der Waals surface area (Å²) in [5.41, 5.74) is 9.45. The van der Waals surface area contributed by atoms with Crippen molar-refractivity contribution in [2.75, 3.05) is 7.05 Å². The molecule has 0 aromatic carbocycles. The van der Waals surface area contributed by atoms with Gasteiger partial charge in [-0.1, -0.05) is 191 Å². The lowest BCUT2D eigenvalue weighted by Gasteiger charge is -2.56. The minimum atomic E-state index is 0.301. The Labute approximate surface area is 358 Å². The van der Waals surface area contributed by atoms with Crippen molar-refractivity contribution in [1.29, 1.82) is 0 Å². The van der Waals surface area contributed by atoms with Gasteiger partial charge < -0.3 is 10.2 Å². The van der Waals surface area contributed by atoms with Gasteiger partial charge in [0.05, 0.1) is 25.2 Å². The number of fused-ring (bicyclic) bond motifs is 5. The first-order valence-corrected chi connectivity index (χ1v) is 26.0. The van der Waals surface area contributed by atoms with E-state index in [4.69, 9.17) is 5.73 Å². The van der Waals surface area contributed by atoms with Crippen LogP contribution in [0.5, 0.6) is 0 Å². The third-order valence-corrected chi connectivity index (χ3v) is 18.9. The average Bonchev–Trinajstić information content (AvgIpc) is 3.93. The van der Waals surface area contributed by atoms with E-state index in [9.17, 15) is 0 Å². The molecular weight excluding hydrogens is 689 g/mol. The van der Waals surface area contributed by atoms with Gasteiger partial charge in [-0.25, -0.2) is 0 Å². The van der Waals surface area contributed by atoms with E-state index < -0.39 is 0 Å². The normalized spacial score (nSPS) is 39.9. The Morgan fingerprint density at radius 1 is 0.842 bits per heavy atom. The molecular formula is C55H103N2+. The van der Waals surface area contributed by atoms with Gasteiger partial charge >= 0.3 is 0 Å². The van der Waals surface area contributed by atoms with Crippen LogP contribution in [0.2, 0.25) is 0 Å². The largest absolute Gasteiger partial charge is 0.327 e. The van der Waals surface area contributed by atoms with E-state index in [2.05, 4.69) is 122 Å². The summed E-state index contributed by atoms with van der Waals surface area (Å²) in [6.45, 7) is 35.9. The molecule has 2 heteroatoms. The smallest absolute Gasteiger partial charge is 0.0983 e. The second-order valence-electron chi connectivity index (χ2n) is 22.9. The fourth-order valence-corrected chi connectivity index (χ4v) is 15.3. The summed E-state index contributed by atoms with van der Waals surface area (Å²) in [7, 11) is 2.90. The summed E-state index contributed by atoms with van der Waals surface area (Å²) < 4.78 is 1.33. The Kier molecular flexibility index (Phi) is 18.9. The summed E-state index contributed by atoms with van der Waals surface area (Å²) in [6, 6.07) is 2.32. The highest BCUT2D eigenvalue weighted by Gasteiger charge is 2.73. The van der Waals surface area contributed by atoms with Crippen molar-refractivity contribution in [2.24, 2.45) is 88.1 Å². The molecule has 0 amide bonds. The molecule has 18 unspecified atom stereocenters. The van der Waals surface area contributed by atoms with Gasteiger partial charge in [0.2, 0.25) is 0 Å².